The van der Waals surface area contributed by atoms with E-state index >= 15 is 0 Å². The average Bonchev–Trinajstić information content (AvgIpc) is 3.15. The Hall–Kier alpha value is -3.16. The van der Waals surface area contributed by atoms with Crippen molar-refractivity contribution in [1.82, 2.24) is 25.3 Å². The van der Waals surface area contributed by atoms with Gasteiger partial charge in [0.05, 0.1) is 13.0 Å². The van der Waals surface area contributed by atoms with Gasteiger partial charge in [-0.3, -0.25) is 4.79 Å². The molecule has 1 saturated heterocycles. The molecule has 8 nitrogen and oxygen atoms in total. The molecule has 29 heavy (non-hydrogen) atoms. The van der Waals surface area contributed by atoms with Crippen LogP contribution >= 0.6 is 0 Å². The fourth-order valence-corrected chi connectivity index (χ4v) is 3.60. The van der Waals surface area contributed by atoms with Gasteiger partial charge in [0.2, 0.25) is 17.8 Å². The van der Waals surface area contributed by atoms with Crippen LogP contribution in [0.4, 0.5) is 11.9 Å². The smallest absolute Gasteiger partial charge is 0.230 e. The summed E-state index contributed by atoms with van der Waals surface area (Å²) in [7, 11) is 3.82. The first kappa shape index (κ1) is 19.2. The molecule has 0 aliphatic carbocycles. The van der Waals surface area contributed by atoms with E-state index in [1.165, 1.54) is 6.42 Å². The van der Waals surface area contributed by atoms with E-state index in [1.807, 2.05) is 49.5 Å². The molecule has 0 spiro atoms. The zero-order valence-electron chi connectivity index (χ0n) is 17.0. The number of hydrogen-bond donors (Lipinski definition) is 2. The van der Waals surface area contributed by atoms with Crippen LogP contribution in [0, 0.1) is 0 Å². The van der Waals surface area contributed by atoms with Crippen LogP contribution < -0.4 is 15.1 Å². The van der Waals surface area contributed by atoms with E-state index in [-0.39, 0.29) is 12.5 Å². The molecule has 3 heterocycles. The number of aromatic amines is 1. The van der Waals surface area contributed by atoms with Crippen LogP contribution in [-0.2, 0) is 17.8 Å². The van der Waals surface area contributed by atoms with Crippen molar-refractivity contribution in [2.45, 2.75) is 32.2 Å². The van der Waals surface area contributed by atoms with Gasteiger partial charge in [0.25, 0.3) is 0 Å². The number of para-hydroxylation sites is 1. The Morgan fingerprint density at radius 3 is 2.72 bits per heavy atom. The van der Waals surface area contributed by atoms with Gasteiger partial charge in [-0.05, 0) is 30.9 Å². The van der Waals surface area contributed by atoms with E-state index in [2.05, 4.69) is 30.2 Å². The van der Waals surface area contributed by atoms with E-state index in [1.54, 1.807) is 0 Å². The molecule has 1 aliphatic rings. The summed E-state index contributed by atoms with van der Waals surface area (Å²) in [6.45, 7) is 2.21. The summed E-state index contributed by atoms with van der Waals surface area (Å²) in [4.78, 5) is 33.5. The van der Waals surface area contributed by atoms with Crippen molar-refractivity contribution in [3.05, 3.63) is 41.9 Å². The lowest BCUT2D eigenvalue weighted by atomic mass is 10.1. The first-order chi connectivity index (χ1) is 14.1. The number of carbonyl (C=O) groups excluding carboxylic acids is 1. The van der Waals surface area contributed by atoms with Crippen molar-refractivity contribution >= 4 is 28.7 Å². The van der Waals surface area contributed by atoms with Crippen LogP contribution in [-0.4, -0.2) is 53.0 Å². The maximum atomic E-state index is 12.5. The van der Waals surface area contributed by atoms with Crippen LogP contribution in [0.3, 0.4) is 0 Å². The fraction of sp³-hybridized carbons (Fsp3) is 0.429. The number of rotatable bonds is 6. The van der Waals surface area contributed by atoms with Crippen LogP contribution in [0.25, 0.3) is 10.9 Å². The number of benzene rings is 1. The second kappa shape index (κ2) is 8.46. The van der Waals surface area contributed by atoms with Gasteiger partial charge in [-0.1, -0.05) is 18.2 Å². The van der Waals surface area contributed by atoms with Crippen molar-refractivity contribution in [3.8, 4) is 0 Å². The molecule has 3 aromatic rings. The normalized spacial score (nSPS) is 14.2. The molecule has 4 rings (SSSR count). The van der Waals surface area contributed by atoms with Crippen LogP contribution in [0.1, 0.15) is 30.7 Å². The lowest BCUT2D eigenvalue weighted by molar-refractivity contribution is -0.120. The first-order valence-electron chi connectivity index (χ1n) is 10.1. The minimum absolute atomic E-state index is 0.0545. The zero-order chi connectivity index (χ0) is 20.2. The Morgan fingerprint density at radius 2 is 1.93 bits per heavy atom. The summed E-state index contributed by atoms with van der Waals surface area (Å²) in [5.74, 6) is 1.84. The highest BCUT2D eigenvalue weighted by Gasteiger charge is 2.17. The zero-order valence-corrected chi connectivity index (χ0v) is 17.0. The van der Waals surface area contributed by atoms with E-state index < -0.39 is 0 Å². The Bertz CT molecular complexity index is 992. The molecule has 1 amide bonds. The van der Waals surface area contributed by atoms with E-state index in [9.17, 15) is 4.79 Å². The van der Waals surface area contributed by atoms with Crippen molar-refractivity contribution in [1.29, 1.82) is 0 Å². The second-order valence-electron chi connectivity index (χ2n) is 7.61. The third-order valence-electron chi connectivity index (χ3n) is 5.17. The molecule has 8 heteroatoms. The number of nitrogens with zero attached hydrogens (tertiary/aromatic N) is 5. The summed E-state index contributed by atoms with van der Waals surface area (Å²) in [6, 6.07) is 7.99. The first-order valence-corrected chi connectivity index (χ1v) is 10.1. The molecule has 0 bridgehead atoms. The topological polar surface area (TPSA) is 90.0 Å². The number of fused-ring (bicyclic) bond motifs is 1. The number of anilines is 2. The van der Waals surface area contributed by atoms with E-state index in [0.717, 1.165) is 42.4 Å². The van der Waals surface area contributed by atoms with Gasteiger partial charge < -0.3 is 20.1 Å². The molecule has 0 saturated carbocycles. The Morgan fingerprint density at radius 1 is 1.14 bits per heavy atom. The highest BCUT2D eigenvalue weighted by molar-refractivity contribution is 5.88. The number of amides is 1. The fourth-order valence-electron chi connectivity index (χ4n) is 3.60. The lowest BCUT2D eigenvalue weighted by Crippen LogP contribution is -2.33. The molecule has 2 aromatic heterocycles. The summed E-state index contributed by atoms with van der Waals surface area (Å²) >= 11 is 0. The number of carbonyl (C=O) groups is 1. The molecule has 0 unspecified atom stereocenters. The van der Waals surface area contributed by atoms with Gasteiger partial charge in [0, 0.05) is 44.3 Å². The maximum Gasteiger partial charge on any atom is 0.230 e. The molecule has 0 atom stereocenters. The van der Waals surface area contributed by atoms with Crippen molar-refractivity contribution < 1.29 is 4.79 Å². The Labute approximate surface area is 170 Å². The van der Waals surface area contributed by atoms with E-state index in [0.29, 0.717) is 24.1 Å². The largest absolute Gasteiger partial charge is 0.361 e. The highest BCUT2D eigenvalue weighted by Crippen LogP contribution is 2.19. The molecule has 1 aliphatic heterocycles. The van der Waals surface area contributed by atoms with Gasteiger partial charge in [-0.2, -0.15) is 15.0 Å². The maximum absolute atomic E-state index is 12.5. The van der Waals surface area contributed by atoms with Crippen LogP contribution in [0.5, 0.6) is 0 Å². The standard InChI is InChI=1S/C21H27N7O/c1-27(2)20-24-18(25-21(26-20)28-10-6-3-7-11-28)14-23-19(29)12-15-13-22-17-9-5-4-8-16(15)17/h4-5,8-9,13,22H,3,6-7,10-12,14H2,1-2H3,(H,23,29). The summed E-state index contributed by atoms with van der Waals surface area (Å²) in [6.07, 6.45) is 5.76. The molecule has 2 N–H and O–H groups in total. The minimum atomic E-state index is -0.0545. The van der Waals surface area contributed by atoms with Crippen molar-refractivity contribution in [3.63, 3.8) is 0 Å². The summed E-state index contributed by atoms with van der Waals surface area (Å²) < 4.78 is 0. The van der Waals surface area contributed by atoms with E-state index in [4.69, 9.17) is 0 Å². The third kappa shape index (κ3) is 4.47. The number of piperidine rings is 1. The van der Waals surface area contributed by atoms with Gasteiger partial charge in [0.1, 0.15) is 0 Å². The predicted octanol–water partition coefficient (Wildman–Crippen LogP) is 2.27. The molecule has 1 aromatic carbocycles. The Balaban J connectivity index is 1.45. The average molecular weight is 393 g/mol. The van der Waals surface area contributed by atoms with Crippen molar-refractivity contribution in [2.24, 2.45) is 0 Å². The van der Waals surface area contributed by atoms with Crippen LogP contribution in [0.15, 0.2) is 30.5 Å². The van der Waals surface area contributed by atoms with Gasteiger partial charge in [-0.15, -0.1) is 0 Å². The number of aromatic nitrogens is 4. The van der Waals surface area contributed by atoms with Crippen LogP contribution in [0.2, 0.25) is 0 Å². The van der Waals surface area contributed by atoms with Gasteiger partial charge in [-0.25, -0.2) is 0 Å². The number of hydrogen-bond acceptors (Lipinski definition) is 6. The summed E-state index contributed by atoms with van der Waals surface area (Å²) in [5, 5.41) is 4.03. The quantitative estimate of drug-likeness (QED) is 0.668. The number of nitrogens with one attached hydrogen (secondary N) is 2. The molecular formula is C21H27N7O. The number of H-pyrrole nitrogens is 1. The third-order valence-corrected chi connectivity index (χ3v) is 5.17. The summed E-state index contributed by atoms with van der Waals surface area (Å²) in [5.41, 5.74) is 2.02. The molecule has 152 valence electrons. The highest BCUT2D eigenvalue weighted by atomic mass is 16.1. The molecule has 1 fully saturated rings. The molecular weight excluding hydrogens is 366 g/mol. The Kier molecular flexibility index (Phi) is 5.59. The SMILES string of the molecule is CN(C)c1nc(CNC(=O)Cc2c[nH]c3ccccc23)nc(N2CCCCC2)n1. The molecule has 0 radical (unpaired) electrons. The van der Waals surface area contributed by atoms with Crippen molar-refractivity contribution in [2.75, 3.05) is 37.0 Å². The second-order valence-corrected chi connectivity index (χ2v) is 7.61. The predicted molar refractivity (Wildman–Crippen MR) is 114 cm³/mol. The monoisotopic (exact) mass is 393 g/mol. The van der Waals surface area contributed by atoms with Gasteiger partial charge in [0.15, 0.2) is 5.82 Å². The van der Waals surface area contributed by atoms with Gasteiger partial charge >= 0.3 is 0 Å². The minimum Gasteiger partial charge on any atom is -0.361 e. The lowest BCUT2D eigenvalue weighted by Gasteiger charge is -2.27.